The number of Topliss-reactive ketones (excluding diaryl/α,β-unsaturated/α-hetero) is 2. The molecular weight excluding hydrogens is 1200 g/mol. The van der Waals surface area contributed by atoms with Crippen LogP contribution in [0, 0.1) is 5.92 Å². The summed E-state index contributed by atoms with van der Waals surface area (Å²) >= 11 is 0. The second-order valence-corrected chi connectivity index (χ2v) is 22.6. The average molecular weight is 1280 g/mol. The van der Waals surface area contributed by atoms with Crippen LogP contribution in [0.15, 0.2) is 59.4 Å². The Morgan fingerprint density at radius 2 is 1.42 bits per heavy atom. The van der Waals surface area contributed by atoms with E-state index in [1.807, 2.05) is 0 Å². The Morgan fingerprint density at radius 3 is 2.09 bits per heavy atom. The van der Waals surface area contributed by atoms with Crippen molar-refractivity contribution in [2.75, 3.05) is 78.1 Å². The summed E-state index contributed by atoms with van der Waals surface area (Å²) in [5, 5.41) is 35.0. The number of nitrogens with one attached hydrogen (secondary N) is 5. The fourth-order valence-electron chi connectivity index (χ4n) is 10.9. The minimum Gasteiger partial charge on any atom is -0.481 e. The van der Waals surface area contributed by atoms with E-state index in [1.165, 1.54) is 19.1 Å². The molecule has 92 heavy (non-hydrogen) atoms. The lowest BCUT2D eigenvalue weighted by atomic mass is 9.77. The molecule has 0 saturated heterocycles. The lowest BCUT2D eigenvalue weighted by Crippen LogP contribution is -2.48. The molecular formula is C63H77N9O20. The third kappa shape index (κ3) is 17.9. The van der Waals surface area contributed by atoms with Gasteiger partial charge in [-0.25, -0.2) is 9.78 Å². The highest BCUT2D eigenvalue weighted by atomic mass is 16.7. The van der Waals surface area contributed by atoms with Gasteiger partial charge in [0.1, 0.15) is 18.2 Å². The van der Waals surface area contributed by atoms with Crippen molar-refractivity contribution in [1.82, 2.24) is 35.7 Å². The SMILES string of the molecule is CC[C@@]1(O)C(=O)CCc2c1cc1n(c2=O)Cc2c-1nc1cc3c(cc1c2CNC(=O)OCc1ccc(NC(=O)[C@H](CCC(=O)O)NC(=O)[C@H](C)CC(=O)[C@@H](CC(C)N)NC(=O)CCOCCOCCOCCOCCNC(=O)CCN2C(=O)C=CC2=O)cc1)OCO3. The molecule has 29 heteroatoms. The van der Waals surface area contributed by atoms with Gasteiger partial charge in [0.2, 0.25) is 30.4 Å². The van der Waals surface area contributed by atoms with Crippen LogP contribution in [0.2, 0.25) is 0 Å². The van der Waals surface area contributed by atoms with Crippen LogP contribution < -0.4 is 47.4 Å². The highest BCUT2D eigenvalue weighted by Crippen LogP contribution is 2.43. The molecule has 0 saturated carbocycles. The lowest BCUT2D eigenvalue weighted by molar-refractivity contribution is -0.140. The number of rotatable bonds is 36. The van der Waals surface area contributed by atoms with Crippen molar-refractivity contribution in [3.63, 3.8) is 0 Å². The number of carboxylic acids is 1. The van der Waals surface area contributed by atoms with E-state index in [-0.39, 0.29) is 172 Å². The maximum atomic E-state index is 14.0. The number of nitrogens with zero attached hydrogens (tertiary/aromatic N) is 3. The van der Waals surface area contributed by atoms with E-state index in [1.54, 1.807) is 48.7 Å². The van der Waals surface area contributed by atoms with Gasteiger partial charge in [-0.3, -0.25) is 52.8 Å². The molecule has 494 valence electrons. The highest BCUT2D eigenvalue weighted by Gasteiger charge is 2.43. The Balaban J connectivity index is 0.738. The number of aromatic nitrogens is 2. The Labute approximate surface area is 528 Å². The minimum atomic E-state index is -1.81. The average Bonchev–Trinajstić information content (AvgIpc) is 1.51. The van der Waals surface area contributed by atoms with Crippen molar-refractivity contribution >= 4 is 75.7 Å². The normalized spacial score (nSPS) is 16.5. The fourth-order valence-corrected chi connectivity index (χ4v) is 10.9. The van der Waals surface area contributed by atoms with Crippen LogP contribution in [-0.4, -0.2) is 175 Å². The number of pyridine rings is 2. The number of nitrogens with two attached hydrogens (primary N) is 1. The van der Waals surface area contributed by atoms with E-state index in [9.17, 15) is 63.0 Å². The smallest absolute Gasteiger partial charge is 0.407 e. The Morgan fingerprint density at radius 1 is 0.761 bits per heavy atom. The third-order valence-corrected chi connectivity index (χ3v) is 15.9. The first kappa shape index (κ1) is 68.9. The summed E-state index contributed by atoms with van der Waals surface area (Å²) in [6.45, 7) is 6.68. The number of fused-ring (bicyclic) bond motifs is 6. The predicted octanol–water partition coefficient (Wildman–Crippen LogP) is 1.69. The summed E-state index contributed by atoms with van der Waals surface area (Å²) in [7, 11) is 0. The molecule has 2 aromatic heterocycles. The highest BCUT2D eigenvalue weighted by molar-refractivity contribution is 6.13. The van der Waals surface area contributed by atoms with Crippen LogP contribution in [0.25, 0.3) is 22.3 Å². The molecule has 9 N–H and O–H groups in total. The number of alkyl carbamates (subject to hydrolysis) is 1. The fraction of sp³-hybridized carbons (Fsp3) is 0.492. The number of carboxylic acid groups (broad SMARTS) is 1. The molecule has 8 rings (SSSR count). The number of ether oxygens (including phenoxy) is 7. The molecule has 4 aliphatic rings. The number of aliphatic carboxylic acids is 1. The van der Waals surface area contributed by atoms with Crippen molar-refractivity contribution in [3.8, 4) is 22.9 Å². The van der Waals surface area contributed by atoms with Crippen molar-refractivity contribution in [2.45, 2.75) is 122 Å². The molecule has 0 radical (unpaired) electrons. The number of anilines is 1. The third-order valence-electron chi connectivity index (χ3n) is 15.9. The van der Waals surface area contributed by atoms with Crippen LogP contribution in [0.5, 0.6) is 11.5 Å². The number of carbonyl (C=O) groups excluding carboxylic acids is 9. The lowest BCUT2D eigenvalue weighted by Gasteiger charge is -2.32. The van der Waals surface area contributed by atoms with Gasteiger partial charge in [-0.05, 0) is 68.0 Å². The van der Waals surface area contributed by atoms with E-state index < -0.39 is 83.4 Å². The van der Waals surface area contributed by atoms with Gasteiger partial charge < -0.3 is 80.3 Å². The summed E-state index contributed by atoms with van der Waals surface area (Å²) in [4.78, 5) is 147. The molecule has 0 fully saturated rings. The zero-order chi connectivity index (χ0) is 66.1. The van der Waals surface area contributed by atoms with Gasteiger partial charge in [0.25, 0.3) is 17.4 Å². The number of carbonyl (C=O) groups is 10. The van der Waals surface area contributed by atoms with E-state index in [2.05, 4.69) is 26.6 Å². The standard InChI is InChI=1S/C63H77N9O20/c1-4-63(85)44-30-48-58-43(33-72(48)61(83)40(44)9-11-52(63)74)42(41-29-50-51(92-35-91-50)31-46(41)69-58)32-66-62(84)90-34-38-5-7-39(8-6-38)67-60(82)45(10-14-57(79)80)70-59(81)36(2)27-49(73)47(28-37(3)64)68-54(76)16-19-86-21-23-88-25-26-89-24-22-87-20-17-65-53(75)15-18-71-55(77)12-13-56(71)78/h5-8,12-13,29-31,36-37,45,47,85H,4,9-11,14-28,32-35,64H2,1-3H3,(H,65,75)(H,66,84)(H,67,82)(H,68,76)(H,70,81)(H,79,80)/t36-,37?,45+,47-,63+/m1/s1. The number of hydrogen-bond donors (Lipinski definition) is 8. The number of hydrogen-bond acceptors (Lipinski definition) is 21. The number of imide groups is 1. The molecule has 5 heterocycles. The Bertz CT molecular complexity index is 3520. The van der Waals surface area contributed by atoms with Gasteiger partial charge in [-0.2, -0.15) is 0 Å². The Kier molecular flexibility index (Phi) is 24.2. The number of amides is 7. The minimum absolute atomic E-state index is 0.000405. The summed E-state index contributed by atoms with van der Waals surface area (Å²) in [5.41, 5.74) is 7.95. The van der Waals surface area contributed by atoms with Crippen molar-refractivity contribution < 1.29 is 91.3 Å². The van der Waals surface area contributed by atoms with Gasteiger partial charge in [0.15, 0.2) is 23.1 Å². The quantitative estimate of drug-likeness (QED) is 0.0209. The molecule has 0 spiro atoms. The molecule has 4 aromatic rings. The van der Waals surface area contributed by atoms with Crippen LogP contribution in [0.3, 0.4) is 0 Å². The summed E-state index contributed by atoms with van der Waals surface area (Å²) < 4.78 is 40.3. The van der Waals surface area contributed by atoms with E-state index in [0.717, 1.165) is 17.1 Å². The monoisotopic (exact) mass is 1280 g/mol. The number of benzene rings is 2. The maximum Gasteiger partial charge on any atom is 0.407 e. The molecule has 5 atom stereocenters. The van der Waals surface area contributed by atoms with E-state index in [4.69, 9.17) is 43.9 Å². The van der Waals surface area contributed by atoms with Crippen LogP contribution in [-0.2, 0) is 98.6 Å². The predicted molar refractivity (Wildman–Crippen MR) is 325 cm³/mol. The van der Waals surface area contributed by atoms with Gasteiger partial charge in [0.05, 0.1) is 82.3 Å². The molecule has 2 aromatic carbocycles. The van der Waals surface area contributed by atoms with Gasteiger partial charge in [0, 0.05) is 110 Å². The molecule has 0 bridgehead atoms. The van der Waals surface area contributed by atoms with Gasteiger partial charge in [-0.1, -0.05) is 26.0 Å². The zero-order valence-electron chi connectivity index (χ0n) is 51.4. The van der Waals surface area contributed by atoms with E-state index in [0.29, 0.717) is 56.0 Å². The molecule has 7 amide bonds. The first-order chi connectivity index (χ1) is 44.1. The number of ketones is 2. The second-order valence-electron chi connectivity index (χ2n) is 22.6. The van der Waals surface area contributed by atoms with Crippen molar-refractivity contribution in [3.05, 3.63) is 92.8 Å². The maximum absolute atomic E-state index is 14.0. The first-order valence-electron chi connectivity index (χ1n) is 30.4. The van der Waals surface area contributed by atoms with Crippen molar-refractivity contribution in [1.29, 1.82) is 0 Å². The summed E-state index contributed by atoms with van der Waals surface area (Å²) in [5.74, 6) is -5.29. The second kappa shape index (κ2) is 32.3. The Hall–Kier alpha value is -9.00. The van der Waals surface area contributed by atoms with Gasteiger partial charge >= 0.3 is 12.1 Å². The summed E-state index contributed by atoms with van der Waals surface area (Å²) in [6.07, 6.45) is 0.703. The first-order valence-corrected chi connectivity index (χ1v) is 30.4. The number of aliphatic hydroxyl groups is 1. The van der Waals surface area contributed by atoms with Crippen molar-refractivity contribution in [2.24, 2.45) is 11.7 Å². The molecule has 3 aliphatic heterocycles. The van der Waals surface area contributed by atoms with E-state index >= 15 is 0 Å². The largest absolute Gasteiger partial charge is 0.481 e. The molecule has 1 unspecified atom stereocenters. The van der Waals surface area contributed by atoms with Crippen LogP contribution >= 0.6 is 0 Å². The van der Waals surface area contributed by atoms with Gasteiger partial charge in [-0.15, -0.1) is 0 Å². The summed E-state index contributed by atoms with van der Waals surface area (Å²) in [6, 6.07) is 8.47. The van der Waals surface area contributed by atoms with Crippen LogP contribution in [0.1, 0.15) is 100.0 Å². The van der Waals surface area contributed by atoms with Crippen LogP contribution in [0.4, 0.5) is 10.5 Å². The molecule has 29 nitrogen and oxygen atoms in total. The topological polar surface area (TPSA) is 400 Å². The zero-order valence-corrected chi connectivity index (χ0v) is 51.4. The molecule has 1 aliphatic carbocycles.